The Balaban J connectivity index is 0.00000220. The first-order chi connectivity index (χ1) is 26.9. The zero-order chi connectivity index (χ0) is 35.8. The Morgan fingerprint density at radius 2 is 0.857 bits per heavy atom. The second-order valence-corrected chi connectivity index (χ2v) is 21.1. The van der Waals surface area contributed by atoms with E-state index in [0.717, 1.165) is 6.42 Å². The van der Waals surface area contributed by atoms with Gasteiger partial charge in [-0.1, -0.05) is 0 Å². The van der Waals surface area contributed by atoms with Gasteiger partial charge < -0.3 is 0 Å². The maximum Gasteiger partial charge on any atom is -0.147 e. The van der Waals surface area contributed by atoms with Crippen LogP contribution < -0.4 is 0 Å². The minimum atomic E-state index is -3.14. The standard InChI is InChI=1S/C27H22.C21H13.C5H5.2ClH.Zr/c1-5-13-22(14-6-1)26(23-15-7-2-8-16-23)21-27(24-17-9-3-10-18-24)25-19-11-4-12-20-25;1-2-8-15-14(7-1)13-20-18-11-4-3-9-16(18)17-10-5-6-12-19(17)21(15)20;1-2-4-5-3-1;;;/h1-20,26-27H;1-13H;1-3H,4H2;2*1H;. The number of rotatable bonds is 8. The summed E-state index contributed by atoms with van der Waals surface area (Å²) in [6.07, 6.45) is 8.30. The fraction of sp³-hybridized carbons (Fsp3) is 0.0755. The van der Waals surface area contributed by atoms with Crippen molar-refractivity contribution in [3.63, 3.8) is 0 Å². The Hall–Kier alpha value is -4.91. The topological polar surface area (TPSA) is 0 Å². The quantitative estimate of drug-likeness (QED) is 0.134. The van der Waals surface area contributed by atoms with Crippen molar-refractivity contribution in [1.82, 2.24) is 0 Å². The van der Waals surface area contributed by atoms with Crippen molar-refractivity contribution in [2.45, 2.75) is 21.9 Å². The molecule has 0 N–H and O–H groups in total. The molecule has 56 heavy (non-hydrogen) atoms. The molecule has 0 nitrogen and oxygen atoms in total. The Labute approximate surface area is 350 Å². The largest absolute Gasteiger partial charge is 0.147 e. The molecule has 8 aromatic rings. The van der Waals surface area contributed by atoms with Gasteiger partial charge in [0.2, 0.25) is 0 Å². The number of hydrogen-bond acceptors (Lipinski definition) is 0. The SMILES string of the molecule is C1=CC[C]([Zr](=[C](C(c2ccccc2)c2ccccc2)C(c2ccccc2)c2ccccc2)[CH]2c3ccccc3-c3c2c2ccccc2c2ccccc32)=C1.Cl.Cl. The molecule has 272 valence electrons. The molecule has 1 atom stereocenters. The van der Waals surface area contributed by atoms with Gasteiger partial charge in [-0.3, -0.25) is 0 Å². The molecule has 1 unspecified atom stereocenters. The minimum absolute atomic E-state index is 0. The fourth-order valence-corrected chi connectivity index (χ4v) is 19.7. The number of benzene rings is 8. The molecule has 0 spiro atoms. The number of hydrogen-bond donors (Lipinski definition) is 0. The first-order valence-electron chi connectivity index (χ1n) is 19.2. The van der Waals surface area contributed by atoms with Gasteiger partial charge in [-0.05, 0) is 0 Å². The normalized spacial score (nSPS) is 13.9. The average Bonchev–Trinajstić information content (AvgIpc) is 3.91. The summed E-state index contributed by atoms with van der Waals surface area (Å²) in [6.45, 7) is 0. The third kappa shape index (κ3) is 6.61. The van der Waals surface area contributed by atoms with Crippen molar-refractivity contribution < 1.29 is 21.3 Å². The molecule has 0 radical (unpaired) electrons. The van der Waals surface area contributed by atoms with Crippen molar-refractivity contribution in [3.05, 3.63) is 249 Å². The van der Waals surface area contributed by atoms with Crippen LogP contribution in [-0.4, -0.2) is 3.21 Å². The molecular formula is C53H42Cl2Zr. The van der Waals surface area contributed by atoms with Gasteiger partial charge >= 0.3 is 328 Å². The van der Waals surface area contributed by atoms with Crippen molar-refractivity contribution >= 4 is 49.6 Å². The third-order valence-electron chi connectivity index (χ3n) is 11.7. The van der Waals surface area contributed by atoms with E-state index in [4.69, 9.17) is 0 Å². The van der Waals surface area contributed by atoms with Gasteiger partial charge in [-0.15, -0.1) is 24.8 Å². The summed E-state index contributed by atoms with van der Waals surface area (Å²) in [7, 11) is 0. The molecule has 0 aliphatic heterocycles. The maximum absolute atomic E-state index is 3.14. The monoisotopic (exact) mass is 838 g/mol. The molecule has 0 heterocycles. The molecule has 0 saturated heterocycles. The van der Waals surface area contributed by atoms with E-state index in [1.807, 2.05) is 0 Å². The average molecular weight is 841 g/mol. The molecule has 2 aliphatic rings. The van der Waals surface area contributed by atoms with Crippen LogP contribution in [0, 0.1) is 0 Å². The first kappa shape index (κ1) is 38.0. The summed E-state index contributed by atoms with van der Waals surface area (Å²) < 4.78 is 3.68. The van der Waals surface area contributed by atoms with E-state index in [9.17, 15) is 0 Å². The summed E-state index contributed by atoms with van der Waals surface area (Å²) >= 11 is -3.14. The molecular weight excluding hydrogens is 799 g/mol. The number of fused-ring (bicyclic) bond motifs is 8. The second kappa shape index (κ2) is 16.7. The minimum Gasteiger partial charge on any atom is -0.147 e. The molecule has 0 fully saturated rings. The van der Waals surface area contributed by atoms with Crippen LogP contribution in [0.4, 0.5) is 0 Å². The summed E-state index contributed by atoms with van der Waals surface area (Å²) in [5.41, 5.74) is 11.4. The van der Waals surface area contributed by atoms with E-state index in [2.05, 4.69) is 212 Å². The predicted molar refractivity (Wildman–Crippen MR) is 240 cm³/mol. The number of allylic oxidation sites excluding steroid dienone is 4. The summed E-state index contributed by atoms with van der Waals surface area (Å²) in [5.74, 6) is 0.216. The molecule has 0 saturated carbocycles. The molecule has 0 aromatic heterocycles. The van der Waals surface area contributed by atoms with Crippen LogP contribution in [0.3, 0.4) is 0 Å². The van der Waals surface area contributed by atoms with Gasteiger partial charge in [0.15, 0.2) is 0 Å². The van der Waals surface area contributed by atoms with Crippen molar-refractivity contribution in [3.8, 4) is 11.1 Å². The van der Waals surface area contributed by atoms with Crippen LogP contribution in [-0.2, 0) is 21.3 Å². The molecule has 2 aliphatic carbocycles. The van der Waals surface area contributed by atoms with E-state index in [0.29, 0.717) is 3.63 Å². The van der Waals surface area contributed by atoms with E-state index < -0.39 is 21.3 Å². The fourth-order valence-electron chi connectivity index (χ4n) is 9.54. The summed E-state index contributed by atoms with van der Waals surface area (Å²) in [4.78, 5) is 0. The van der Waals surface area contributed by atoms with Crippen LogP contribution in [0.1, 0.15) is 55.3 Å². The van der Waals surface area contributed by atoms with Gasteiger partial charge in [0.25, 0.3) is 0 Å². The Morgan fingerprint density at radius 1 is 0.446 bits per heavy atom. The Kier molecular flexibility index (Phi) is 11.3. The zero-order valence-corrected chi connectivity index (χ0v) is 35.1. The van der Waals surface area contributed by atoms with Crippen LogP contribution in [0.25, 0.3) is 32.7 Å². The first-order valence-corrected chi connectivity index (χ1v) is 23.1. The molecule has 0 bridgehead atoms. The van der Waals surface area contributed by atoms with E-state index in [1.54, 1.807) is 12.1 Å². The van der Waals surface area contributed by atoms with Gasteiger partial charge in [0, 0.05) is 0 Å². The smallest absolute Gasteiger partial charge is 0.147 e. The summed E-state index contributed by atoms with van der Waals surface area (Å²) in [5, 5.41) is 5.48. The molecule has 0 amide bonds. The predicted octanol–water partition coefficient (Wildman–Crippen LogP) is 14.2. The van der Waals surface area contributed by atoms with Crippen LogP contribution in [0.15, 0.2) is 216 Å². The third-order valence-corrected chi connectivity index (χ3v) is 20.1. The van der Waals surface area contributed by atoms with Crippen molar-refractivity contribution in [1.29, 1.82) is 0 Å². The van der Waals surface area contributed by atoms with Crippen molar-refractivity contribution in [2.24, 2.45) is 0 Å². The zero-order valence-electron chi connectivity index (χ0n) is 31.0. The molecule has 3 heteroatoms. The van der Waals surface area contributed by atoms with Crippen LogP contribution >= 0.6 is 24.8 Å². The summed E-state index contributed by atoms with van der Waals surface area (Å²) in [6, 6.07) is 73.5. The van der Waals surface area contributed by atoms with Gasteiger partial charge in [-0.25, -0.2) is 0 Å². The second-order valence-electron chi connectivity index (χ2n) is 14.6. The Morgan fingerprint density at radius 3 is 1.34 bits per heavy atom. The molecule has 8 aromatic carbocycles. The van der Waals surface area contributed by atoms with Crippen LogP contribution in [0.5, 0.6) is 0 Å². The van der Waals surface area contributed by atoms with Gasteiger partial charge in [-0.2, -0.15) is 0 Å². The van der Waals surface area contributed by atoms with E-state index in [1.165, 1.54) is 60.5 Å². The molecule has 10 rings (SSSR count). The number of halogens is 2. The van der Waals surface area contributed by atoms with Gasteiger partial charge in [0.05, 0.1) is 0 Å². The van der Waals surface area contributed by atoms with E-state index in [-0.39, 0.29) is 36.6 Å². The maximum atomic E-state index is 2.53. The Bertz CT molecular complexity index is 2570. The van der Waals surface area contributed by atoms with Crippen LogP contribution in [0.2, 0.25) is 0 Å². The van der Waals surface area contributed by atoms with Gasteiger partial charge in [0.1, 0.15) is 0 Å². The van der Waals surface area contributed by atoms with Crippen molar-refractivity contribution in [2.75, 3.05) is 0 Å². The van der Waals surface area contributed by atoms with E-state index >= 15 is 0 Å².